The van der Waals surface area contributed by atoms with E-state index in [0.29, 0.717) is 0 Å². The van der Waals surface area contributed by atoms with Crippen LogP contribution in [0.1, 0.15) is 59.8 Å². The monoisotopic (exact) mass is 254 g/mol. The molecule has 0 saturated heterocycles. The third-order valence-corrected chi connectivity index (χ3v) is 3.16. The van der Waals surface area contributed by atoms with E-state index in [2.05, 4.69) is 0 Å². The second kappa shape index (κ2) is 6.21. The number of nitrogens with zero attached hydrogens (tertiary/aromatic N) is 1. The van der Waals surface area contributed by atoms with Crippen molar-refractivity contribution in [1.82, 2.24) is 4.90 Å². The summed E-state index contributed by atoms with van der Waals surface area (Å²) in [7, 11) is 0. The van der Waals surface area contributed by atoms with Gasteiger partial charge in [-0.2, -0.15) is 0 Å². The van der Waals surface area contributed by atoms with E-state index in [1.54, 1.807) is 11.8 Å². The van der Waals surface area contributed by atoms with Gasteiger partial charge in [0.05, 0.1) is 6.04 Å². The van der Waals surface area contributed by atoms with Gasteiger partial charge in [0.25, 0.3) is 0 Å². The van der Waals surface area contributed by atoms with Gasteiger partial charge in [0.15, 0.2) is 0 Å². The summed E-state index contributed by atoms with van der Waals surface area (Å²) in [5, 5.41) is 0. The lowest BCUT2D eigenvalue weighted by Crippen LogP contribution is -2.49. The largest absolute Gasteiger partial charge is 0.444 e. The molecule has 0 aromatic rings. The van der Waals surface area contributed by atoms with E-state index >= 15 is 0 Å². The number of ether oxygens (including phenoxy) is 1. The molecular weight excluding hydrogens is 230 g/mol. The van der Waals surface area contributed by atoms with Crippen LogP contribution in [-0.4, -0.2) is 35.0 Å². The molecule has 1 saturated carbocycles. The Bertz CT molecular complexity index is 290. The van der Waals surface area contributed by atoms with E-state index in [9.17, 15) is 9.59 Å². The van der Waals surface area contributed by atoms with Crippen molar-refractivity contribution in [2.24, 2.45) is 0 Å². The van der Waals surface area contributed by atoms with Crippen LogP contribution in [-0.2, 0) is 9.53 Å². The van der Waals surface area contributed by atoms with Crippen molar-refractivity contribution in [2.75, 3.05) is 0 Å². The van der Waals surface area contributed by atoms with E-state index in [4.69, 9.17) is 4.74 Å². The Balaban J connectivity index is 2.76. The Morgan fingerprint density at radius 2 is 1.83 bits per heavy atom. The Labute approximate surface area is 110 Å². The standard InChI is InChI=1S/C14H24NO3/c1-11(10-16)15(12-8-6-5-7-9-12)13(17)18-14(2,3)4/h11-12H,5-9H2,1-4H3/t11-/m0/s1. The topological polar surface area (TPSA) is 46.6 Å². The van der Waals surface area contributed by atoms with Gasteiger partial charge in [-0.25, -0.2) is 4.79 Å². The van der Waals surface area contributed by atoms with Gasteiger partial charge in [-0.15, -0.1) is 0 Å². The summed E-state index contributed by atoms with van der Waals surface area (Å²) in [6.45, 7) is 7.20. The predicted molar refractivity (Wildman–Crippen MR) is 70.1 cm³/mol. The van der Waals surface area contributed by atoms with E-state index in [1.807, 2.05) is 27.1 Å². The molecule has 0 aromatic carbocycles. The highest BCUT2D eigenvalue weighted by atomic mass is 16.6. The fourth-order valence-electron chi connectivity index (χ4n) is 2.35. The van der Waals surface area contributed by atoms with Crippen LogP contribution >= 0.6 is 0 Å². The molecule has 1 amide bonds. The summed E-state index contributed by atoms with van der Waals surface area (Å²) in [6, 6.07) is -0.423. The van der Waals surface area contributed by atoms with Crippen LogP contribution in [0.2, 0.25) is 0 Å². The minimum absolute atomic E-state index is 0.116. The second-order valence-electron chi connectivity index (χ2n) is 5.97. The molecule has 1 fully saturated rings. The van der Waals surface area contributed by atoms with Crippen molar-refractivity contribution in [3.8, 4) is 0 Å². The molecule has 0 aliphatic heterocycles. The first-order valence-corrected chi connectivity index (χ1v) is 6.74. The van der Waals surface area contributed by atoms with Gasteiger partial charge >= 0.3 is 6.09 Å². The summed E-state index contributed by atoms with van der Waals surface area (Å²) in [4.78, 5) is 24.6. The van der Waals surface area contributed by atoms with Crippen molar-refractivity contribution in [2.45, 2.75) is 77.5 Å². The molecule has 1 aliphatic rings. The molecule has 4 heteroatoms. The van der Waals surface area contributed by atoms with Crippen molar-refractivity contribution in [3.05, 3.63) is 0 Å². The molecule has 0 aromatic heterocycles. The van der Waals surface area contributed by atoms with E-state index < -0.39 is 17.7 Å². The highest BCUT2D eigenvalue weighted by Gasteiger charge is 2.32. The Morgan fingerprint density at radius 3 is 2.28 bits per heavy atom. The zero-order valence-corrected chi connectivity index (χ0v) is 11.9. The molecule has 1 radical (unpaired) electrons. The first-order chi connectivity index (χ1) is 8.35. The Morgan fingerprint density at radius 1 is 1.28 bits per heavy atom. The first kappa shape index (κ1) is 15.0. The third kappa shape index (κ3) is 4.31. The van der Waals surface area contributed by atoms with Gasteiger partial charge in [-0.05, 0) is 40.5 Å². The van der Waals surface area contributed by atoms with Gasteiger partial charge in [0, 0.05) is 6.04 Å². The van der Waals surface area contributed by atoms with Crippen LogP contribution in [0.5, 0.6) is 0 Å². The highest BCUT2D eigenvalue weighted by Crippen LogP contribution is 2.25. The Kier molecular flexibility index (Phi) is 5.17. The molecule has 1 atom stereocenters. The molecule has 1 rings (SSSR count). The van der Waals surface area contributed by atoms with Crippen LogP contribution in [0.25, 0.3) is 0 Å². The highest BCUT2D eigenvalue weighted by molar-refractivity contribution is 5.74. The van der Waals surface area contributed by atoms with Gasteiger partial charge in [0.1, 0.15) is 5.60 Å². The quantitative estimate of drug-likeness (QED) is 0.777. The van der Waals surface area contributed by atoms with Crippen molar-refractivity contribution < 1.29 is 14.3 Å². The van der Waals surface area contributed by atoms with E-state index in [1.165, 1.54) is 6.42 Å². The van der Waals surface area contributed by atoms with Crippen molar-refractivity contribution in [3.63, 3.8) is 0 Å². The average Bonchev–Trinajstić information content (AvgIpc) is 2.28. The molecule has 0 unspecified atom stereocenters. The smallest absolute Gasteiger partial charge is 0.411 e. The zero-order chi connectivity index (χ0) is 13.8. The van der Waals surface area contributed by atoms with Gasteiger partial charge < -0.3 is 4.74 Å². The number of hydrogen-bond donors (Lipinski definition) is 0. The van der Waals surface area contributed by atoms with Gasteiger partial charge in [-0.1, -0.05) is 19.3 Å². The minimum Gasteiger partial charge on any atom is -0.444 e. The lowest BCUT2D eigenvalue weighted by atomic mass is 9.93. The summed E-state index contributed by atoms with van der Waals surface area (Å²) < 4.78 is 5.38. The number of carbonyl (C=O) groups is 1. The minimum atomic E-state index is -0.539. The first-order valence-electron chi connectivity index (χ1n) is 6.74. The van der Waals surface area contributed by atoms with E-state index in [-0.39, 0.29) is 6.04 Å². The summed E-state index contributed by atoms with van der Waals surface area (Å²) >= 11 is 0. The van der Waals surface area contributed by atoms with Crippen LogP contribution in [0.4, 0.5) is 4.79 Å². The third-order valence-electron chi connectivity index (χ3n) is 3.16. The van der Waals surface area contributed by atoms with Crippen LogP contribution in [0.3, 0.4) is 0 Å². The molecule has 0 bridgehead atoms. The summed E-state index contributed by atoms with van der Waals surface area (Å²) in [5.41, 5.74) is -0.535. The normalized spacial score (nSPS) is 19.1. The molecule has 0 N–H and O–H groups in total. The van der Waals surface area contributed by atoms with Crippen molar-refractivity contribution >= 4 is 12.4 Å². The maximum atomic E-state index is 12.2. The fourth-order valence-corrected chi connectivity index (χ4v) is 2.35. The lowest BCUT2D eigenvalue weighted by Gasteiger charge is -2.37. The fraction of sp³-hybridized carbons (Fsp3) is 0.857. The van der Waals surface area contributed by atoms with Crippen LogP contribution in [0, 0.1) is 0 Å². The Hall–Kier alpha value is -1.06. The lowest BCUT2D eigenvalue weighted by molar-refractivity contribution is 0.00844. The number of hydrogen-bond acceptors (Lipinski definition) is 3. The molecule has 0 heterocycles. The van der Waals surface area contributed by atoms with Crippen LogP contribution < -0.4 is 0 Å². The van der Waals surface area contributed by atoms with Gasteiger partial charge in [-0.3, -0.25) is 9.69 Å². The predicted octanol–water partition coefficient (Wildman–Crippen LogP) is 3.05. The molecule has 103 valence electrons. The molecule has 4 nitrogen and oxygen atoms in total. The van der Waals surface area contributed by atoms with Crippen molar-refractivity contribution in [1.29, 1.82) is 0 Å². The maximum absolute atomic E-state index is 12.2. The van der Waals surface area contributed by atoms with Crippen LogP contribution in [0.15, 0.2) is 0 Å². The summed E-state index contributed by atoms with van der Waals surface area (Å²) in [5.74, 6) is 0. The average molecular weight is 254 g/mol. The molecule has 0 spiro atoms. The maximum Gasteiger partial charge on any atom is 0.411 e. The molecule has 1 aliphatic carbocycles. The zero-order valence-electron chi connectivity index (χ0n) is 11.9. The van der Waals surface area contributed by atoms with Gasteiger partial charge in [0.2, 0.25) is 6.29 Å². The second-order valence-corrected chi connectivity index (χ2v) is 5.97. The van der Waals surface area contributed by atoms with E-state index in [0.717, 1.165) is 25.7 Å². The number of rotatable bonds is 3. The number of amides is 1. The molecule has 18 heavy (non-hydrogen) atoms. The number of carbonyl (C=O) groups excluding carboxylic acids is 2. The SMILES string of the molecule is C[C@@H]([C]=O)N(C(=O)OC(C)(C)C)C1CCCCC1. The summed E-state index contributed by atoms with van der Waals surface area (Å²) in [6.07, 6.45) is 6.83. The molecular formula is C14H24NO3.